The van der Waals surface area contributed by atoms with E-state index in [1.807, 2.05) is 17.8 Å². The molecule has 1 unspecified atom stereocenters. The van der Waals surface area contributed by atoms with Crippen LogP contribution >= 0.6 is 0 Å². The zero-order chi connectivity index (χ0) is 15.2. The maximum Gasteiger partial charge on any atom is 0.233 e. The van der Waals surface area contributed by atoms with Crippen LogP contribution in [0.1, 0.15) is 30.8 Å². The van der Waals surface area contributed by atoms with Gasteiger partial charge >= 0.3 is 0 Å². The van der Waals surface area contributed by atoms with Crippen LogP contribution in [0.2, 0.25) is 0 Å². The molecule has 2 rings (SSSR count). The predicted octanol–water partition coefficient (Wildman–Crippen LogP) is 1.41. The van der Waals surface area contributed by atoms with Crippen LogP contribution in [0.15, 0.2) is 18.3 Å². The van der Waals surface area contributed by atoms with E-state index in [2.05, 4.69) is 27.5 Å². The molecule has 2 aromatic heterocycles. The number of ether oxygens (including phenoxy) is 2. The Kier molecular flexibility index (Phi) is 5.10. The summed E-state index contributed by atoms with van der Waals surface area (Å²) >= 11 is 0. The van der Waals surface area contributed by atoms with Crippen LogP contribution < -0.4 is 14.8 Å². The highest BCUT2D eigenvalue weighted by Crippen LogP contribution is 2.29. The number of nitrogens with one attached hydrogen (secondary N) is 1. The minimum atomic E-state index is -0.146. The average molecular weight is 291 g/mol. The molecule has 0 amide bonds. The fourth-order valence-corrected chi connectivity index (χ4v) is 2.23. The Morgan fingerprint density at radius 3 is 2.57 bits per heavy atom. The lowest BCUT2D eigenvalue weighted by Crippen LogP contribution is -2.23. The van der Waals surface area contributed by atoms with E-state index in [9.17, 15) is 0 Å². The number of hydrogen-bond donors (Lipinski definition) is 1. The molecule has 0 aliphatic heterocycles. The summed E-state index contributed by atoms with van der Waals surface area (Å²) in [6, 6.07) is 3.53. The Morgan fingerprint density at radius 2 is 2.05 bits per heavy atom. The highest BCUT2D eigenvalue weighted by Gasteiger charge is 2.23. The van der Waals surface area contributed by atoms with Crippen LogP contribution in [0.4, 0.5) is 0 Å². The molecule has 7 nitrogen and oxygen atoms in total. The molecule has 0 fully saturated rings. The van der Waals surface area contributed by atoms with Crippen molar-refractivity contribution < 1.29 is 9.47 Å². The zero-order valence-corrected chi connectivity index (χ0v) is 12.8. The van der Waals surface area contributed by atoms with Crippen LogP contribution in [0, 0.1) is 0 Å². The smallest absolute Gasteiger partial charge is 0.233 e. The molecule has 2 heterocycles. The van der Waals surface area contributed by atoms with Crippen LogP contribution in [-0.4, -0.2) is 41.2 Å². The van der Waals surface area contributed by atoms with Crippen LogP contribution in [0.5, 0.6) is 11.6 Å². The first-order valence-corrected chi connectivity index (χ1v) is 6.89. The minimum Gasteiger partial charge on any atom is -0.493 e. The molecule has 114 valence electrons. The van der Waals surface area contributed by atoms with Gasteiger partial charge in [0.1, 0.15) is 5.69 Å². The third-order valence-corrected chi connectivity index (χ3v) is 3.23. The first kappa shape index (κ1) is 15.2. The van der Waals surface area contributed by atoms with Gasteiger partial charge < -0.3 is 14.8 Å². The fourth-order valence-electron chi connectivity index (χ4n) is 2.23. The van der Waals surface area contributed by atoms with Crippen LogP contribution in [0.25, 0.3) is 0 Å². The summed E-state index contributed by atoms with van der Waals surface area (Å²) < 4.78 is 12.4. The topological polar surface area (TPSA) is 74.1 Å². The van der Waals surface area contributed by atoms with Crippen molar-refractivity contribution in [3.05, 3.63) is 29.7 Å². The lowest BCUT2D eigenvalue weighted by Gasteiger charge is -2.18. The molecular weight excluding hydrogens is 270 g/mol. The summed E-state index contributed by atoms with van der Waals surface area (Å²) in [5.74, 6) is 1.23. The normalized spacial score (nSPS) is 12.2. The molecule has 0 bridgehead atoms. The van der Waals surface area contributed by atoms with Gasteiger partial charge in [0.25, 0.3) is 0 Å². The monoisotopic (exact) mass is 291 g/mol. The molecule has 1 atom stereocenters. The lowest BCUT2D eigenvalue weighted by molar-refractivity contribution is 0.387. The first-order chi connectivity index (χ1) is 10.2. The third kappa shape index (κ3) is 3.13. The molecule has 0 saturated heterocycles. The van der Waals surface area contributed by atoms with Gasteiger partial charge in [0.05, 0.1) is 32.2 Å². The van der Waals surface area contributed by atoms with E-state index in [1.165, 1.54) is 0 Å². The van der Waals surface area contributed by atoms with E-state index < -0.39 is 0 Å². The van der Waals surface area contributed by atoms with E-state index in [0.29, 0.717) is 5.88 Å². The average Bonchev–Trinajstić information content (AvgIpc) is 2.92. The highest BCUT2D eigenvalue weighted by molar-refractivity contribution is 5.34. The Morgan fingerprint density at radius 1 is 1.24 bits per heavy atom. The van der Waals surface area contributed by atoms with Gasteiger partial charge in [-0.1, -0.05) is 6.92 Å². The molecule has 0 aliphatic rings. The van der Waals surface area contributed by atoms with Crippen molar-refractivity contribution in [1.29, 1.82) is 0 Å². The molecule has 0 aliphatic carbocycles. The summed E-state index contributed by atoms with van der Waals surface area (Å²) in [6.45, 7) is 2.93. The van der Waals surface area contributed by atoms with Gasteiger partial charge in [-0.15, -0.1) is 10.2 Å². The fraction of sp³-hybridized carbons (Fsp3) is 0.500. The number of hydrogen-bond acceptors (Lipinski definition) is 6. The number of rotatable bonds is 7. The van der Waals surface area contributed by atoms with Crippen molar-refractivity contribution >= 4 is 0 Å². The minimum absolute atomic E-state index is 0.146. The van der Waals surface area contributed by atoms with Crippen molar-refractivity contribution in [2.45, 2.75) is 25.9 Å². The Bertz CT molecular complexity index is 567. The van der Waals surface area contributed by atoms with Gasteiger partial charge in [-0.25, -0.2) is 0 Å². The van der Waals surface area contributed by atoms with Gasteiger partial charge in [0.2, 0.25) is 5.88 Å². The Hall–Kier alpha value is -2.15. The molecule has 1 N–H and O–H groups in total. The van der Waals surface area contributed by atoms with Gasteiger partial charge in [0, 0.05) is 12.6 Å². The van der Waals surface area contributed by atoms with Crippen molar-refractivity contribution in [1.82, 2.24) is 25.3 Å². The summed E-state index contributed by atoms with van der Waals surface area (Å²) in [5, 5.41) is 15.9. The summed E-state index contributed by atoms with van der Waals surface area (Å²) in [7, 11) is 5.08. The maximum absolute atomic E-state index is 5.43. The lowest BCUT2D eigenvalue weighted by atomic mass is 10.1. The second-order valence-electron chi connectivity index (χ2n) is 4.54. The molecule has 0 radical (unpaired) electrons. The van der Waals surface area contributed by atoms with Crippen molar-refractivity contribution in [3.63, 3.8) is 0 Å². The molecule has 0 spiro atoms. The van der Waals surface area contributed by atoms with Crippen molar-refractivity contribution in [3.8, 4) is 11.6 Å². The van der Waals surface area contributed by atoms with Gasteiger partial charge in [-0.05, 0) is 19.5 Å². The number of nitrogens with zero attached hydrogens (tertiary/aromatic N) is 4. The summed E-state index contributed by atoms with van der Waals surface area (Å²) in [4.78, 5) is 0. The largest absolute Gasteiger partial charge is 0.493 e. The maximum atomic E-state index is 5.43. The van der Waals surface area contributed by atoms with E-state index in [4.69, 9.17) is 9.47 Å². The van der Waals surface area contributed by atoms with Crippen molar-refractivity contribution in [2.75, 3.05) is 21.3 Å². The summed E-state index contributed by atoms with van der Waals surface area (Å²) in [6.07, 6.45) is 2.72. The highest BCUT2D eigenvalue weighted by atomic mass is 16.5. The molecular formula is C14H21N5O2. The molecule has 0 saturated carbocycles. The predicted molar refractivity (Wildman–Crippen MR) is 78.6 cm³/mol. The first-order valence-electron chi connectivity index (χ1n) is 6.89. The van der Waals surface area contributed by atoms with Crippen molar-refractivity contribution in [2.24, 2.45) is 0 Å². The van der Waals surface area contributed by atoms with E-state index in [0.717, 1.165) is 30.1 Å². The van der Waals surface area contributed by atoms with Crippen LogP contribution in [0.3, 0.4) is 0 Å². The number of aromatic nitrogens is 4. The third-order valence-electron chi connectivity index (χ3n) is 3.23. The second kappa shape index (κ2) is 7.03. The molecule has 21 heavy (non-hydrogen) atoms. The van der Waals surface area contributed by atoms with Crippen LogP contribution in [-0.2, 0) is 6.54 Å². The van der Waals surface area contributed by atoms with Gasteiger partial charge in [0.15, 0.2) is 5.75 Å². The van der Waals surface area contributed by atoms with E-state index >= 15 is 0 Å². The number of methoxy groups -OCH3 is 2. The van der Waals surface area contributed by atoms with Gasteiger partial charge in [-0.2, -0.15) is 5.10 Å². The van der Waals surface area contributed by atoms with E-state index in [1.54, 1.807) is 26.5 Å². The van der Waals surface area contributed by atoms with Gasteiger partial charge in [-0.3, -0.25) is 4.68 Å². The quantitative estimate of drug-likeness (QED) is 0.831. The SMILES string of the molecule is CCCn1ncc(OC)c1C(NC)c1ccc(OC)nn1. The molecule has 2 aromatic rings. The van der Waals surface area contributed by atoms with E-state index in [-0.39, 0.29) is 6.04 Å². The molecule has 7 heteroatoms. The standard InChI is InChI=1S/C14H21N5O2/c1-5-8-19-14(11(20-3)9-16-19)13(15-2)10-6-7-12(21-4)18-17-10/h6-7,9,13,15H,5,8H2,1-4H3. The zero-order valence-electron chi connectivity index (χ0n) is 12.8. The second-order valence-corrected chi connectivity index (χ2v) is 4.54. The Labute approximate surface area is 124 Å². The molecule has 0 aromatic carbocycles. The summed E-state index contributed by atoms with van der Waals surface area (Å²) in [5.41, 5.74) is 1.73. The Balaban J connectivity index is 2.41. The number of aryl methyl sites for hydroxylation is 1.